The van der Waals surface area contributed by atoms with Crippen molar-refractivity contribution in [1.82, 2.24) is 4.98 Å². The average Bonchev–Trinajstić information content (AvgIpc) is 2.70. The Hall–Kier alpha value is -2.81. The molecule has 0 bridgehead atoms. The van der Waals surface area contributed by atoms with Gasteiger partial charge in [0.15, 0.2) is 0 Å². The van der Waals surface area contributed by atoms with Gasteiger partial charge in [-0.15, -0.1) is 0 Å². The summed E-state index contributed by atoms with van der Waals surface area (Å²) in [6.45, 7) is 0. The van der Waals surface area contributed by atoms with Gasteiger partial charge in [0.25, 0.3) is 15.9 Å². The molecular weight excluding hydrogens is 437 g/mol. The molecule has 0 saturated carbocycles. The minimum atomic E-state index is -3.84. The van der Waals surface area contributed by atoms with E-state index in [4.69, 9.17) is 27.9 Å². The summed E-state index contributed by atoms with van der Waals surface area (Å²) in [6, 6.07) is 13.8. The highest BCUT2D eigenvalue weighted by Crippen LogP contribution is 2.26. The molecular formula is C19H15Cl2N3O4S. The molecule has 1 amide bonds. The molecule has 2 N–H and O–H groups in total. The first-order valence-corrected chi connectivity index (χ1v) is 10.4. The smallest absolute Gasteiger partial charge is 0.262 e. The molecule has 0 fully saturated rings. The molecule has 7 nitrogen and oxygen atoms in total. The zero-order chi connectivity index (χ0) is 21.0. The average molecular weight is 452 g/mol. The topological polar surface area (TPSA) is 97.4 Å². The van der Waals surface area contributed by atoms with Gasteiger partial charge in [0, 0.05) is 11.9 Å². The Morgan fingerprint density at radius 3 is 2.41 bits per heavy atom. The first kappa shape index (κ1) is 20.9. The number of para-hydroxylation sites is 2. The number of carbonyl (C=O) groups is 1. The van der Waals surface area contributed by atoms with Gasteiger partial charge in [-0.2, -0.15) is 0 Å². The van der Waals surface area contributed by atoms with E-state index < -0.39 is 15.9 Å². The van der Waals surface area contributed by atoms with Crippen LogP contribution in [0.4, 0.5) is 11.4 Å². The molecule has 10 heteroatoms. The van der Waals surface area contributed by atoms with E-state index in [1.54, 1.807) is 24.3 Å². The van der Waals surface area contributed by atoms with Crippen LogP contribution in [0.5, 0.6) is 5.75 Å². The number of pyridine rings is 1. The van der Waals surface area contributed by atoms with Crippen LogP contribution in [0.3, 0.4) is 0 Å². The van der Waals surface area contributed by atoms with Crippen LogP contribution in [-0.4, -0.2) is 26.4 Å². The highest BCUT2D eigenvalue weighted by Gasteiger charge is 2.17. The second-order valence-corrected chi connectivity index (χ2v) is 8.23. The lowest BCUT2D eigenvalue weighted by atomic mass is 10.2. The molecule has 0 aliphatic heterocycles. The van der Waals surface area contributed by atoms with Crippen molar-refractivity contribution in [3.05, 3.63) is 76.5 Å². The van der Waals surface area contributed by atoms with Crippen molar-refractivity contribution >= 4 is 50.5 Å². The molecule has 0 atom stereocenters. The van der Waals surface area contributed by atoms with Gasteiger partial charge in [0.2, 0.25) is 0 Å². The number of carbonyl (C=O) groups excluding carboxylic acids is 1. The Labute approximate surface area is 177 Å². The Kier molecular flexibility index (Phi) is 6.26. The molecule has 2 aromatic carbocycles. The highest BCUT2D eigenvalue weighted by molar-refractivity contribution is 7.92. The Morgan fingerprint density at radius 2 is 1.76 bits per heavy atom. The molecule has 0 unspecified atom stereocenters. The van der Waals surface area contributed by atoms with Gasteiger partial charge in [-0.3, -0.25) is 9.52 Å². The van der Waals surface area contributed by atoms with E-state index in [-0.39, 0.29) is 20.6 Å². The second kappa shape index (κ2) is 8.69. The Morgan fingerprint density at radius 1 is 1.07 bits per heavy atom. The number of hydrogen-bond acceptors (Lipinski definition) is 5. The van der Waals surface area contributed by atoms with E-state index in [1.807, 2.05) is 0 Å². The lowest BCUT2D eigenvalue weighted by Crippen LogP contribution is -2.14. The maximum absolute atomic E-state index is 12.6. The van der Waals surface area contributed by atoms with E-state index in [0.29, 0.717) is 17.1 Å². The molecule has 0 radical (unpaired) electrons. The lowest BCUT2D eigenvalue weighted by molar-refractivity contribution is 0.102. The van der Waals surface area contributed by atoms with Crippen LogP contribution < -0.4 is 14.8 Å². The van der Waals surface area contributed by atoms with Crippen molar-refractivity contribution in [2.24, 2.45) is 0 Å². The predicted molar refractivity (Wildman–Crippen MR) is 112 cm³/mol. The number of sulfonamides is 1. The number of nitrogens with one attached hydrogen (secondary N) is 2. The summed E-state index contributed by atoms with van der Waals surface area (Å²) in [5, 5.41) is 2.89. The van der Waals surface area contributed by atoms with Crippen molar-refractivity contribution < 1.29 is 17.9 Å². The third-order valence-electron chi connectivity index (χ3n) is 3.83. The van der Waals surface area contributed by atoms with Gasteiger partial charge >= 0.3 is 0 Å². The van der Waals surface area contributed by atoms with Crippen LogP contribution in [0, 0.1) is 0 Å². The van der Waals surface area contributed by atoms with Crippen LogP contribution in [0.25, 0.3) is 0 Å². The standard InChI is InChI=1S/C19H15Cl2N3O4S/c1-28-17-5-3-2-4-16(17)24-29(26,27)14-8-6-13(7-9-14)23-19(25)12-10-15(20)18(21)22-11-12/h2-11,24H,1H3,(H,23,25). The van der Waals surface area contributed by atoms with Crippen LogP contribution in [0.2, 0.25) is 10.2 Å². The van der Waals surface area contributed by atoms with Crippen molar-refractivity contribution in [1.29, 1.82) is 0 Å². The molecule has 0 aliphatic rings. The first-order valence-electron chi connectivity index (χ1n) is 8.18. The number of amides is 1. The fourth-order valence-corrected chi connectivity index (χ4v) is 3.74. The summed E-state index contributed by atoms with van der Waals surface area (Å²) in [4.78, 5) is 16.1. The van der Waals surface area contributed by atoms with Crippen molar-refractivity contribution in [3.63, 3.8) is 0 Å². The summed E-state index contributed by atoms with van der Waals surface area (Å²) in [5.74, 6) is -0.0611. The summed E-state index contributed by atoms with van der Waals surface area (Å²) in [5.41, 5.74) is 0.936. The quantitative estimate of drug-likeness (QED) is 0.539. The predicted octanol–water partition coefficient (Wildman–Crippen LogP) is 4.45. The largest absolute Gasteiger partial charge is 0.495 e. The summed E-state index contributed by atoms with van der Waals surface area (Å²) in [6.07, 6.45) is 1.29. The molecule has 3 aromatic rings. The fourth-order valence-electron chi connectivity index (χ4n) is 2.40. The maximum Gasteiger partial charge on any atom is 0.262 e. The Balaban J connectivity index is 1.75. The van der Waals surface area contributed by atoms with Crippen molar-refractivity contribution in [2.45, 2.75) is 4.90 Å². The third kappa shape index (κ3) is 4.97. The van der Waals surface area contributed by atoms with Crippen LogP contribution >= 0.6 is 23.2 Å². The van der Waals surface area contributed by atoms with Gasteiger partial charge in [-0.05, 0) is 42.5 Å². The SMILES string of the molecule is COc1ccccc1NS(=O)(=O)c1ccc(NC(=O)c2cnc(Cl)c(Cl)c2)cc1. The summed E-state index contributed by atoms with van der Waals surface area (Å²) < 4.78 is 32.8. The monoisotopic (exact) mass is 451 g/mol. The second-order valence-electron chi connectivity index (χ2n) is 5.78. The Bertz CT molecular complexity index is 1150. The summed E-state index contributed by atoms with van der Waals surface area (Å²) in [7, 11) is -2.39. The van der Waals surface area contributed by atoms with Crippen LogP contribution in [-0.2, 0) is 10.0 Å². The van der Waals surface area contributed by atoms with E-state index in [2.05, 4.69) is 15.0 Å². The number of hydrogen-bond donors (Lipinski definition) is 2. The normalized spacial score (nSPS) is 11.0. The number of methoxy groups -OCH3 is 1. The number of rotatable bonds is 6. The molecule has 3 rings (SSSR count). The van der Waals surface area contributed by atoms with E-state index in [9.17, 15) is 13.2 Å². The van der Waals surface area contributed by atoms with E-state index in [1.165, 1.54) is 43.6 Å². The van der Waals surface area contributed by atoms with E-state index in [0.717, 1.165) is 0 Å². The van der Waals surface area contributed by atoms with E-state index >= 15 is 0 Å². The highest BCUT2D eigenvalue weighted by atomic mass is 35.5. The minimum absolute atomic E-state index is 0.0256. The maximum atomic E-state index is 12.6. The molecule has 0 spiro atoms. The van der Waals surface area contributed by atoms with Crippen molar-refractivity contribution in [2.75, 3.05) is 17.1 Å². The molecule has 0 aliphatic carbocycles. The van der Waals surface area contributed by atoms with Crippen molar-refractivity contribution in [3.8, 4) is 5.75 Å². The zero-order valence-corrected chi connectivity index (χ0v) is 17.3. The summed E-state index contributed by atoms with van der Waals surface area (Å²) >= 11 is 11.6. The van der Waals surface area contributed by atoms with Crippen LogP contribution in [0.15, 0.2) is 65.7 Å². The van der Waals surface area contributed by atoms with Gasteiger partial charge in [-0.1, -0.05) is 35.3 Å². The fraction of sp³-hybridized carbons (Fsp3) is 0.0526. The minimum Gasteiger partial charge on any atom is -0.495 e. The van der Waals surface area contributed by atoms with Gasteiger partial charge < -0.3 is 10.1 Å². The number of benzene rings is 2. The van der Waals surface area contributed by atoms with Gasteiger partial charge in [-0.25, -0.2) is 13.4 Å². The molecule has 150 valence electrons. The third-order valence-corrected chi connectivity index (χ3v) is 5.90. The van der Waals surface area contributed by atoms with Gasteiger partial charge in [0.05, 0.1) is 28.3 Å². The first-order chi connectivity index (χ1) is 13.8. The van der Waals surface area contributed by atoms with Gasteiger partial charge in [0.1, 0.15) is 10.9 Å². The lowest BCUT2D eigenvalue weighted by Gasteiger charge is -2.12. The molecule has 1 aromatic heterocycles. The number of aromatic nitrogens is 1. The number of anilines is 2. The number of nitrogens with zero attached hydrogens (tertiary/aromatic N) is 1. The molecule has 1 heterocycles. The molecule has 0 saturated heterocycles. The number of ether oxygens (including phenoxy) is 1. The van der Waals surface area contributed by atoms with Crippen LogP contribution in [0.1, 0.15) is 10.4 Å². The zero-order valence-electron chi connectivity index (χ0n) is 15.0. The number of halogens is 2. The molecule has 29 heavy (non-hydrogen) atoms.